The maximum absolute atomic E-state index is 10.6. The SMILES string of the molecule is CCC(C)(C#N)C1(O)CCN(C(C)C)CC1. The number of aliphatic hydroxyl groups is 1. The molecule has 1 rings (SSSR count). The molecule has 0 spiro atoms. The Balaban J connectivity index is 2.74. The zero-order chi connectivity index (χ0) is 12.4. The summed E-state index contributed by atoms with van der Waals surface area (Å²) in [5, 5.41) is 19.9. The zero-order valence-electron chi connectivity index (χ0n) is 11.0. The molecule has 1 aliphatic heterocycles. The van der Waals surface area contributed by atoms with Crippen LogP contribution in [0.15, 0.2) is 0 Å². The lowest BCUT2D eigenvalue weighted by Gasteiger charge is -2.46. The fourth-order valence-corrected chi connectivity index (χ4v) is 2.47. The van der Waals surface area contributed by atoms with Crippen LogP contribution in [0.5, 0.6) is 0 Å². The molecule has 16 heavy (non-hydrogen) atoms. The second-order valence-electron chi connectivity index (χ2n) is 5.46. The molecular weight excluding hydrogens is 200 g/mol. The molecule has 0 amide bonds. The molecule has 3 nitrogen and oxygen atoms in total. The molecule has 0 aromatic heterocycles. The van der Waals surface area contributed by atoms with E-state index in [0.29, 0.717) is 25.3 Å². The Hall–Kier alpha value is -0.590. The van der Waals surface area contributed by atoms with Crippen molar-refractivity contribution in [2.75, 3.05) is 13.1 Å². The summed E-state index contributed by atoms with van der Waals surface area (Å²) in [7, 11) is 0. The number of hydrogen-bond donors (Lipinski definition) is 1. The van der Waals surface area contributed by atoms with Gasteiger partial charge < -0.3 is 10.0 Å². The molecule has 3 heteroatoms. The Kier molecular flexibility index (Phi) is 3.98. The summed E-state index contributed by atoms with van der Waals surface area (Å²) in [6.45, 7) is 10.0. The lowest BCUT2D eigenvalue weighted by Crippen LogP contribution is -2.54. The topological polar surface area (TPSA) is 47.3 Å². The van der Waals surface area contributed by atoms with Gasteiger partial charge in [-0.3, -0.25) is 0 Å². The lowest BCUT2D eigenvalue weighted by molar-refractivity contribution is -0.0952. The maximum atomic E-state index is 10.6. The zero-order valence-corrected chi connectivity index (χ0v) is 11.0. The van der Waals surface area contributed by atoms with E-state index in [4.69, 9.17) is 0 Å². The monoisotopic (exact) mass is 224 g/mol. The second-order valence-corrected chi connectivity index (χ2v) is 5.46. The van der Waals surface area contributed by atoms with E-state index in [0.717, 1.165) is 13.1 Å². The third-order valence-corrected chi connectivity index (χ3v) is 4.34. The first kappa shape index (κ1) is 13.5. The van der Waals surface area contributed by atoms with Gasteiger partial charge in [0.25, 0.3) is 0 Å². The first-order valence-corrected chi connectivity index (χ1v) is 6.26. The van der Waals surface area contributed by atoms with Gasteiger partial charge in [0.05, 0.1) is 17.1 Å². The number of nitriles is 1. The van der Waals surface area contributed by atoms with E-state index in [-0.39, 0.29) is 0 Å². The van der Waals surface area contributed by atoms with Crippen molar-refractivity contribution in [1.82, 2.24) is 4.90 Å². The van der Waals surface area contributed by atoms with E-state index >= 15 is 0 Å². The fraction of sp³-hybridized carbons (Fsp3) is 0.923. The smallest absolute Gasteiger partial charge is 0.0854 e. The van der Waals surface area contributed by atoms with Gasteiger partial charge in [0.2, 0.25) is 0 Å². The van der Waals surface area contributed by atoms with Crippen LogP contribution in [0.4, 0.5) is 0 Å². The molecule has 1 fully saturated rings. The second kappa shape index (κ2) is 4.73. The van der Waals surface area contributed by atoms with Crippen molar-refractivity contribution < 1.29 is 5.11 Å². The van der Waals surface area contributed by atoms with Crippen molar-refractivity contribution in [2.45, 2.75) is 58.6 Å². The normalized spacial score (nSPS) is 25.1. The quantitative estimate of drug-likeness (QED) is 0.799. The van der Waals surface area contributed by atoms with E-state index in [1.54, 1.807) is 0 Å². The van der Waals surface area contributed by atoms with Crippen molar-refractivity contribution in [3.63, 3.8) is 0 Å². The van der Waals surface area contributed by atoms with Crippen LogP contribution in [0.1, 0.15) is 47.0 Å². The molecule has 1 N–H and O–H groups in total. The summed E-state index contributed by atoms with van der Waals surface area (Å²) in [6.07, 6.45) is 2.13. The Morgan fingerprint density at radius 2 is 1.94 bits per heavy atom. The highest BCUT2D eigenvalue weighted by molar-refractivity contribution is 5.10. The summed E-state index contributed by atoms with van der Waals surface area (Å²) in [5.41, 5.74) is -1.40. The van der Waals surface area contributed by atoms with E-state index in [1.165, 1.54) is 0 Å². The van der Waals surface area contributed by atoms with Crippen molar-refractivity contribution in [2.24, 2.45) is 5.41 Å². The summed E-state index contributed by atoms with van der Waals surface area (Å²) < 4.78 is 0. The van der Waals surface area contributed by atoms with Gasteiger partial charge in [0.15, 0.2) is 0 Å². The molecule has 0 bridgehead atoms. The number of hydrogen-bond acceptors (Lipinski definition) is 3. The molecule has 0 aliphatic carbocycles. The Morgan fingerprint density at radius 1 is 1.44 bits per heavy atom. The standard InChI is InChI=1S/C13H24N2O/c1-5-12(4,10-14)13(16)6-8-15(9-7-13)11(2)3/h11,16H,5-9H2,1-4H3. The van der Waals surface area contributed by atoms with Crippen LogP contribution in [-0.4, -0.2) is 34.7 Å². The molecule has 1 aliphatic rings. The maximum Gasteiger partial charge on any atom is 0.0854 e. The average molecular weight is 224 g/mol. The van der Waals surface area contributed by atoms with Crippen molar-refractivity contribution in [3.05, 3.63) is 0 Å². The van der Waals surface area contributed by atoms with Crippen LogP contribution >= 0.6 is 0 Å². The molecular formula is C13H24N2O. The van der Waals surface area contributed by atoms with E-state index in [9.17, 15) is 10.4 Å². The first-order valence-electron chi connectivity index (χ1n) is 6.26. The molecule has 0 aromatic rings. The largest absolute Gasteiger partial charge is 0.388 e. The number of piperidine rings is 1. The molecule has 0 radical (unpaired) electrons. The van der Waals surface area contributed by atoms with E-state index in [1.807, 2.05) is 13.8 Å². The van der Waals surface area contributed by atoms with Gasteiger partial charge in [-0.1, -0.05) is 6.92 Å². The first-order chi connectivity index (χ1) is 7.38. The van der Waals surface area contributed by atoms with Gasteiger partial charge in [0.1, 0.15) is 0 Å². The molecule has 1 saturated heterocycles. The third kappa shape index (κ3) is 2.23. The Labute approximate surface area is 99.1 Å². The average Bonchev–Trinajstić information content (AvgIpc) is 2.28. The lowest BCUT2D eigenvalue weighted by atomic mass is 9.67. The van der Waals surface area contributed by atoms with Crippen LogP contribution < -0.4 is 0 Å². The summed E-state index contributed by atoms with van der Waals surface area (Å²) >= 11 is 0. The molecule has 92 valence electrons. The molecule has 0 saturated carbocycles. The van der Waals surface area contributed by atoms with Gasteiger partial charge in [-0.05, 0) is 40.0 Å². The predicted octanol–water partition coefficient (Wildman–Crippen LogP) is 2.16. The summed E-state index contributed by atoms with van der Waals surface area (Å²) in [6, 6.07) is 2.84. The van der Waals surface area contributed by atoms with Gasteiger partial charge in [-0.25, -0.2) is 0 Å². The highest BCUT2D eigenvalue weighted by Crippen LogP contribution is 2.41. The van der Waals surface area contributed by atoms with Gasteiger partial charge in [-0.15, -0.1) is 0 Å². The Morgan fingerprint density at radius 3 is 2.25 bits per heavy atom. The predicted molar refractivity (Wildman–Crippen MR) is 64.9 cm³/mol. The van der Waals surface area contributed by atoms with Crippen molar-refractivity contribution >= 4 is 0 Å². The summed E-state index contributed by atoms with van der Waals surface area (Å²) in [5.74, 6) is 0. The van der Waals surface area contributed by atoms with Crippen LogP contribution in [0.25, 0.3) is 0 Å². The molecule has 1 unspecified atom stereocenters. The van der Waals surface area contributed by atoms with Gasteiger partial charge in [0, 0.05) is 19.1 Å². The minimum atomic E-state index is -0.804. The number of nitrogens with zero attached hydrogens (tertiary/aromatic N) is 2. The number of likely N-dealkylation sites (tertiary alicyclic amines) is 1. The van der Waals surface area contributed by atoms with E-state index < -0.39 is 11.0 Å². The van der Waals surface area contributed by atoms with E-state index in [2.05, 4.69) is 24.8 Å². The fourth-order valence-electron chi connectivity index (χ4n) is 2.47. The van der Waals surface area contributed by atoms with Gasteiger partial charge >= 0.3 is 0 Å². The molecule has 1 atom stereocenters. The van der Waals surface area contributed by atoms with Gasteiger partial charge in [-0.2, -0.15) is 5.26 Å². The molecule has 0 aromatic carbocycles. The minimum Gasteiger partial charge on any atom is -0.388 e. The number of rotatable bonds is 3. The third-order valence-electron chi connectivity index (χ3n) is 4.34. The van der Waals surface area contributed by atoms with Crippen molar-refractivity contribution in [3.8, 4) is 6.07 Å². The summed E-state index contributed by atoms with van der Waals surface area (Å²) in [4.78, 5) is 2.36. The van der Waals surface area contributed by atoms with Crippen LogP contribution in [0, 0.1) is 16.7 Å². The van der Waals surface area contributed by atoms with Crippen LogP contribution in [0.3, 0.4) is 0 Å². The minimum absolute atomic E-state index is 0.527. The molecule has 1 heterocycles. The van der Waals surface area contributed by atoms with Crippen LogP contribution in [0.2, 0.25) is 0 Å². The Bertz CT molecular complexity index is 274. The highest BCUT2D eigenvalue weighted by atomic mass is 16.3. The highest BCUT2D eigenvalue weighted by Gasteiger charge is 2.47. The van der Waals surface area contributed by atoms with Crippen LogP contribution in [-0.2, 0) is 0 Å². The van der Waals surface area contributed by atoms with Crippen molar-refractivity contribution in [1.29, 1.82) is 5.26 Å².